The van der Waals surface area contributed by atoms with Gasteiger partial charge in [-0.15, -0.1) is 12.4 Å². The number of nitrogens with two attached hydrogens (primary N) is 1. The standard InChI is InChI=1S/C17H25F3N2O3.ClH/c1-16(2,3)14(21)15(24)22(4)9-11(23)10-25-13-8-6-5-7-12(13)17(18,19)20;/h5-8,11,14,23H,9-10,21H2,1-4H3;1H/t11?,14-;/m1./s1. The van der Waals surface area contributed by atoms with Crippen LogP contribution in [0.4, 0.5) is 13.2 Å². The third kappa shape index (κ3) is 7.01. The van der Waals surface area contributed by atoms with Crippen LogP contribution in [0.2, 0.25) is 0 Å². The van der Waals surface area contributed by atoms with Crippen molar-refractivity contribution in [2.24, 2.45) is 11.1 Å². The van der Waals surface area contributed by atoms with Gasteiger partial charge in [-0.3, -0.25) is 4.79 Å². The number of carbonyl (C=O) groups excluding carboxylic acids is 1. The predicted octanol–water partition coefficient (Wildman–Crippen LogP) is 2.70. The van der Waals surface area contributed by atoms with Crippen LogP contribution in [0, 0.1) is 5.41 Å². The number of ether oxygens (including phenoxy) is 1. The topological polar surface area (TPSA) is 75.8 Å². The number of nitrogens with zero attached hydrogens (tertiary/aromatic N) is 1. The van der Waals surface area contributed by atoms with Crippen molar-refractivity contribution in [1.29, 1.82) is 0 Å². The molecule has 0 aliphatic heterocycles. The van der Waals surface area contributed by atoms with E-state index >= 15 is 0 Å². The molecular weight excluding hydrogens is 373 g/mol. The number of hydrogen-bond acceptors (Lipinski definition) is 4. The van der Waals surface area contributed by atoms with E-state index in [1.165, 1.54) is 30.1 Å². The molecule has 0 aromatic heterocycles. The zero-order chi connectivity index (χ0) is 19.4. The molecule has 0 fully saturated rings. The van der Waals surface area contributed by atoms with Gasteiger partial charge in [0.05, 0.1) is 11.6 Å². The molecule has 9 heteroatoms. The fourth-order valence-electron chi connectivity index (χ4n) is 2.08. The Bertz CT molecular complexity index is 591. The normalized spacial score (nSPS) is 14.2. The summed E-state index contributed by atoms with van der Waals surface area (Å²) in [7, 11) is 1.47. The molecule has 0 radical (unpaired) electrons. The second kappa shape index (κ2) is 9.43. The summed E-state index contributed by atoms with van der Waals surface area (Å²) in [6, 6.07) is 4.00. The highest BCUT2D eigenvalue weighted by Gasteiger charge is 2.34. The number of likely N-dealkylation sites (N-methyl/N-ethyl adjacent to an activating group) is 1. The van der Waals surface area contributed by atoms with E-state index in [4.69, 9.17) is 10.5 Å². The van der Waals surface area contributed by atoms with Gasteiger partial charge in [0.2, 0.25) is 5.91 Å². The average molecular weight is 399 g/mol. The van der Waals surface area contributed by atoms with Gasteiger partial charge >= 0.3 is 6.18 Å². The molecule has 0 aliphatic rings. The molecule has 0 saturated heterocycles. The number of aliphatic hydroxyl groups is 1. The van der Waals surface area contributed by atoms with Crippen LogP contribution >= 0.6 is 12.4 Å². The van der Waals surface area contributed by atoms with Gasteiger partial charge in [-0.05, 0) is 17.5 Å². The molecule has 1 rings (SSSR count). The van der Waals surface area contributed by atoms with Gasteiger partial charge in [-0.1, -0.05) is 32.9 Å². The lowest BCUT2D eigenvalue weighted by Crippen LogP contribution is -2.51. The molecule has 1 amide bonds. The Balaban J connectivity index is 0.00000625. The van der Waals surface area contributed by atoms with Gasteiger partial charge in [0.1, 0.15) is 18.5 Å². The molecule has 2 atom stereocenters. The molecule has 1 aromatic rings. The summed E-state index contributed by atoms with van der Waals surface area (Å²) >= 11 is 0. The van der Waals surface area contributed by atoms with Gasteiger partial charge in [-0.2, -0.15) is 13.2 Å². The summed E-state index contributed by atoms with van der Waals surface area (Å²) < 4.78 is 43.7. The highest BCUT2D eigenvalue weighted by Crippen LogP contribution is 2.35. The molecule has 0 aliphatic carbocycles. The summed E-state index contributed by atoms with van der Waals surface area (Å²) in [5.74, 6) is -0.725. The van der Waals surface area contributed by atoms with Gasteiger partial charge in [-0.25, -0.2) is 0 Å². The maximum absolute atomic E-state index is 12.9. The lowest BCUT2D eigenvalue weighted by molar-refractivity contribution is -0.139. The zero-order valence-electron chi connectivity index (χ0n) is 15.2. The van der Waals surface area contributed by atoms with Gasteiger partial charge in [0.15, 0.2) is 0 Å². The first-order chi connectivity index (χ1) is 11.3. The Kier molecular flexibility index (Phi) is 8.89. The van der Waals surface area contributed by atoms with Crippen LogP contribution in [0.3, 0.4) is 0 Å². The second-order valence-corrected chi connectivity index (χ2v) is 7.02. The fourth-order valence-corrected chi connectivity index (χ4v) is 2.08. The summed E-state index contributed by atoms with van der Waals surface area (Å²) in [5.41, 5.74) is 4.51. The predicted molar refractivity (Wildman–Crippen MR) is 95.3 cm³/mol. The number of halogens is 4. The van der Waals surface area contributed by atoms with Crippen molar-refractivity contribution < 1.29 is 27.8 Å². The third-order valence-corrected chi connectivity index (χ3v) is 3.68. The number of para-hydroxylation sites is 1. The molecule has 0 heterocycles. The molecule has 150 valence electrons. The Morgan fingerprint density at radius 1 is 1.27 bits per heavy atom. The minimum absolute atomic E-state index is 0. The summed E-state index contributed by atoms with van der Waals surface area (Å²) in [6.45, 7) is 4.97. The lowest BCUT2D eigenvalue weighted by atomic mass is 9.86. The number of benzene rings is 1. The first kappa shape index (κ1) is 24.5. The van der Waals surface area contributed by atoms with Crippen LogP contribution in [0.15, 0.2) is 24.3 Å². The molecule has 3 N–H and O–H groups in total. The molecule has 0 spiro atoms. The number of alkyl halides is 3. The fraction of sp³-hybridized carbons (Fsp3) is 0.588. The molecule has 0 saturated carbocycles. The van der Waals surface area contributed by atoms with Crippen molar-refractivity contribution in [2.45, 2.75) is 39.1 Å². The number of carbonyl (C=O) groups is 1. The molecule has 5 nitrogen and oxygen atoms in total. The van der Waals surface area contributed by atoms with Crippen molar-refractivity contribution in [2.75, 3.05) is 20.2 Å². The van der Waals surface area contributed by atoms with Crippen molar-refractivity contribution in [1.82, 2.24) is 4.90 Å². The van der Waals surface area contributed by atoms with Gasteiger partial charge in [0, 0.05) is 13.6 Å². The van der Waals surface area contributed by atoms with E-state index in [1.54, 1.807) is 0 Å². The zero-order valence-corrected chi connectivity index (χ0v) is 16.0. The summed E-state index contributed by atoms with van der Waals surface area (Å²) in [4.78, 5) is 13.4. The lowest BCUT2D eigenvalue weighted by Gasteiger charge is -2.31. The monoisotopic (exact) mass is 398 g/mol. The van der Waals surface area contributed by atoms with Crippen LogP contribution in [0.1, 0.15) is 26.3 Å². The van der Waals surface area contributed by atoms with E-state index < -0.39 is 29.3 Å². The van der Waals surface area contributed by atoms with E-state index in [9.17, 15) is 23.1 Å². The number of hydrogen-bond donors (Lipinski definition) is 2. The quantitative estimate of drug-likeness (QED) is 0.772. The minimum Gasteiger partial charge on any atom is -0.490 e. The second-order valence-electron chi connectivity index (χ2n) is 7.02. The number of aliphatic hydroxyl groups excluding tert-OH is 1. The Morgan fingerprint density at radius 2 is 1.81 bits per heavy atom. The first-order valence-corrected chi connectivity index (χ1v) is 7.81. The summed E-state index contributed by atoms with van der Waals surface area (Å²) in [6.07, 6.45) is -5.70. The Hall–Kier alpha value is -1.51. The van der Waals surface area contributed by atoms with Crippen molar-refractivity contribution >= 4 is 18.3 Å². The molecule has 1 unspecified atom stereocenters. The molecule has 1 aromatic carbocycles. The van der Waals surface area contributed by atoms with E-state index in [1.807, 2.05) is 20.8 Å². The van der Waals surface area contributed by atoms with Gasteiger partial charge < -0.3 is 20.5 Å². The van der Waals surface area contributed by atoms with Gasteiger partial charge in [0.25, 0.3) is 0 Å². The number of amides is 1. The summed E-state index contributed by atoms with van der Waals surface area (Å²) in [5, 5.41) is 9.97. The smallest absolute Gasteiger partial charge is 0.419 e. The van der Waals surface area contributed by atoms with Crippen molar-refractivity contribution in [3.8, 4) is 5.75 Å². The van der Waals surface area contributed by atoms with Crippen LogP contribution in [0.5, 0.6) is 5.75 Å². The van der Waals surface area contributed by atoms with E-state index in [-0.39, 0.29) is 37.2 Å². The molecule has 0 bridgehead atoms. The van der Waals surface area contributed by atoms with Crippen molar-refractivity contribution in [3.63, 3.8) is 0 Å². The van der Waals surface area contributed by atoms with Crippen molar-refractivity contribution in [3.05, 3.63) is 29.8 Å². The average Bonchev–Trinajstić information content (AvgIpc) is 2.49. The maximum Gasteiger partial charge on any atom is 0.419 e. The van der Waals surface area contributed by atoms with Crippen LogP contribution in [0.25, 0.3) is 0 Å². The molecule has 26 heavy (non-hydrogen) atoms. The minimum atomic E-state index is -4.55. The highest BCUT2D eigenvalue weighted by molar-refractivity contribution is 5.85. The van der Waals surface area contributed by atoms with Crippen LogP contribution in [-0.4, -0.2) is 48.3 Å². The maximum atomic E-state index is 12.9. The van der Waals surface area contributed by atoms with E-state index in [2.05, 4.69) is 0 Å². The first-order valence-electron chi connectivity index (χ1n) is 7.81. The van der Waals surface area contributed by atoms with E-state index in [0.29, 0.717) is 0 Å². The SMILES string of the molecule is CN(CC(O)COc1ccccc1C(F)(F)F)C(=O)[C@@H](N)C(C)(C)C.Cl. The molecular formula is C17H26ClF3N2O3. The third-order valence-electron chi connectivity index (χ3n) is 3.68. The van der Waals surface area contributed by atoms with E-state index in [0.717, 1.165) is 6.07 Å². The largest absolute Gasteiger partial charge is 0.490 e. The van der Waals surface area contributed by atoms with Crippen LogP contribution in [-0.2, 0) is 11.0 Å². The Labute approximate surface area is 157 Å². The number of rotatable bonds is 6. The van der Waals surface area contributed by atoms with Crippen LogP contribution < -0.4 is 10.5 Å². The highest BCUT2D eigenvalue weighted by atomic mass is 35.5. The Morgan fingerprint density at radius 3 is 2.31 bits per heavy atom.